The molecule has 4 rings (SSSR count). The normalized spacial score (nSPS) is 17.2. The first-order valence-electron chi connectivity index (χ1n) is 9.40. The van der Waals surface area contributed by atoms with Gasteiger partial charge in [-0.2, -0.15) is 0 Å². The van der Waals surface area contributed by atoms with Crippen LogP contribution in [0, 0.1) is 5.92 Å². The van der Waals surface area contributed by atoms with Gasteiger partial charge in [0.15, 0.2) is 0 Å². The fourth-order valence-electron chi connectivity index (χ4n) is 3.44. The average Bonchev–Trinajstić information content (AvgIpc) is 3.52. The molecule has 0 spiro atoms. The minimum absolute atomic E-state index is 0.163. The summed E-state index contributed by atoms with van der Waals surface area (Å²) in [4.78, 5) is 31.6. The maximum Gasteiger partial charge on any atom is 0.251 e. The van der Waals surface area contributed by atoms with Crippen LogP contribution < -0.4 is 10.2 Å². The molecule has 27 heavy (non-hydrogen) atoms. The molecule has 0 saturated heterocycles. The molecular formula is C21H22ClN3O2. The van der Waals surface area contributed by atoms with E-state index in [0.717, 1.165) is 49.3 Å². The molecule has 2 heterocycles. The molecule has 1 saturated carbocycles. The molecule has 1 N–H and O–H groups in total. The van der Waals surface area contributed by atoms with Crippen LogP contribution in [0.5, 0.6) is 0 Å². The highest BCUT2D eigenvalue weighted by Crippen LogP contribution is 2.35. The van der Waals surface area contributed by atoms with Gasteiger partial charge in [-0.25, -0.2) is 0 Å². The van der Waals surface area contributed by atoms with E-state index in [1.807, 2.05) is 24.0 Å². The second-order valence-corrected chi connectivity index (χ2v) is 7.71. The first-order valence-corrected chi connectivity index (χ1v) is 9.78. The van der Waals surface area contributed by atoms with Crippen molar-refractivity contribution in [2.24, 2.45) is 5.92 Å². The maximum atomic E-state index is 12.5. The van der Waals surface area contributed by atoms with E-state index >= 15 is 0 Å². The zero-order valence-corrected chi connectivity index (χ0v) is 16.0. The minimum Gasteiger partial charge on any atom is -0.344 e. The van der Waals surface area contributed by atoms with Gasteiger partial charge in [0.25, 0.3) is 5.91 Å². The van der Waals surface area contributed by atoms with Gasteiger partial charge in [-0.1, -0.05) is 11.6 Å². The highest BCUT2D eigenvalue weighted by atomic mass is 35.5. The molecule has 1 aliphatic carbocycles. The second kappa shape index (κ2) is 7.31. The summed E-state index contributed by atoms with van der Waals surface area (Å²) in [6, 6.07) is 10.4. The Hall–Kier alpha value is -2.40. The van der Waals surface area contributed by atoms with Gasteiger partial charge in [0.1, 0.15) is 0 Å². The predicted molar refractivity (Wildman–Crippen MR) is 105 cm³/mol. The monoisotopic (exact) mass is 383 g/mol. The number of benzene rings is 1. The number of pyridine rings is 1. The van der Waals surface area contributed by atoms with Crippen molar-refractivity contribution < 1.29 is 9.59 Å². The third-order valence-corrected chi connectivity index (χ3v) is 5.40. The van der Waals surface area contributed by atoms with Crippen molar-refractivity contribution in [2.75, 3.05) is 11.4 Å². The molecule has 0 radical (unpaired) electrons. The van der Waals surface area contributed by atoms with Crippen LogP contribution in [0.4, 0.5) is 5.69 Å². The highest BCUT2D eigenvalue weighted by Gasteiger charge is 2.36. The van der Waals surface area contributed by atoms with Crippen LogP contribution in [0.25, 0.3) is 0 Å². The van der Waals surface area contributed by atoms with Crippen LogP contribution in [-0.4, -0.2) is 23.3 Å². The largest absolute Gasteiger partial charge is 0.344 e. The number of aryl methyl sites for hydroxylation is 1. The summed E-state index contributed by atoms with van der Waals surface area (Å²) in [7, 11) is 0. The number of hydrogen-bond acceptors (Lipinski definition) is 3. The number of carbonyl (C=O) groups excluding carboxylic acids is 2. The lowest BCUT2D eigenvalue weighted by Gasteiger charge is -2.29. The first kappa shape index (κ1) is 18.0. The van der Waals surface area contributed by atoms with Crippen LogP contribution in [0.15, 0.2) is 36.4 Å². The Balaban J connectivity index is 1.50. The summed E-state index contributed by atoms with van der Waals surface area (Å²) >= 11 is 5.87. The standard InChI is InChI=1S/C21H22ClN3O2/c1-13(23-20(26)14-6-8-16(22)9-7-14)17-10-11-19-18(24-17)3-2-12-25(19)21(27)15-4-5-15/h6-11,13,15H,2-5,12H2,1H3,(H,23,26). The Labute approximate surface area is 163 Å². The minimum atomic E-state index is -0.229. The van der Waals surface area contributed by atoms with Crippen molar-refractivity contribution in [1.29, 1.82) is 0 Å². The van der Waals surface area contributed by atoms with Gasteiger partial charge < -0.3 is 10.2 Å². The average molecular weight is 384 g/mol. The zero-order valence-electron chi connectivity index (χ0n) is 15.2. The summed E-state index contributed by atoms with van der Waals surface area (Å²) in [5, 5.41) is 3.57. The van der Waals surface area contributed by atoms with Crippen LogP contribution in [0.3, 0.4) is 0 Å². The van der Waals surface area contributed by atoms with Gasteiger partial charge in [-0.05, 0) is 69.0 Å². The van der Waals surface area contributed by atoms with Crippen molar-refractivity contribution in [3.8, 4) is 0 Å². The van der Waals surface area contributed by atoms with Gasteiger partial charge in [0.05, 0.1) is 23.1 Å². The third kappa shape index (κ3) is 3.83. The van der Waals surface area contributed by atoms with E-state index in [-0.39, 0.29) is 23.8 Å². The molecule has 1 unspecified atom stereocenters. The molecule has 1 fully saturated rings. The predicted octanol–water partition coefficient (Wildman–Crippen LogP) is 3.92. The zero-order chi connectivity index (χ0) is 19.0. The number of nitrogens with zero attached hydrogens (tertiary/aromatic N) is 2. The van der Waals surface area contributed by atoms with Crippen molar-refractivity contribution >= 4 is 29.1 Å². The molecule has 6 heteroatoms. The van der Waals surface area contributed by atoms with Gasteiger partial charge in [0.2, 0.25) is 5.91 Å². The lowest BCUT2D eigenvalue weighted by Crippen LogP contribution is -2.37. The molecule has 2 aromatic rings. The van der Waals surface area contributed by atoms with Gasteiger partial charge in [0, 0.05) is 23.0 Å². The third-order valence-electron chi connectivity index (χ3n) is 5.15. The van der Waals surface area contributed by atoms with Crippen LogP contribution >= 0.6 is 11.6 Å². The van der Waals surface area contributed by atoms with Crippen molar-refractivity contribution in [3.63, 3.8) is 0 Å². The Morgan fingerprint density at radius 3 is 2.63 bits per heavy atom. The van der Waals surface area contributed by atoms with E-state index in [0.29, 0.717) is 10.6 Å². The van der Waals surface area contributed by atoms with Crippen molar-refractivity contribution in [3.05, 3.63) is 58.4 Å². The number of aromatic nitrogens is 1. The molecule has 1 aromatic heterocycles. The number of carbonyl (C=O) groups is 2. The fourth-order valence-corrected chi connectivity index (χ4v) is 3.57. The highest BCUT2D eigenvalue weighted by molar-refractivity contribution is 6.30. The lowest BCUT2D eigenvalue weighted by molar-refractivity contribution is -0.119. The summed E-state index contributed by atoms with van der Waals surface area (Å²) in [5.41, 5.74) is 3.24. The van der Waals surface area contributed by atoms with Crippen LogP contribution in [0.2, 0.25) is 5.02 Å². The Morgan fingerprint density at radius 1 is 1.19 bits per heavy atom. The number of hydrogen-bond donors (Lipinski definition) is 1. The lowest BCUT2D eigenvalue weighted by atomic mass is 10.0. The van der Waals surface area contributed by atoms with Crippen LogP contribution in [-0.2, 0) is 11.2 Å². The van der Waals surface area contributed by atoms with E-state index in [9.17, 15) is 9.59 Å². The number of nitrogens with one attached hydrogen (secondary N) is 1. The molecule has 1 aliphatic heterocycles. The fraction of sp³-hybridized carbons (Fsp3) is 0.381. The number of amides is 2. The molecule has 0 bridgehead atoms. The van der Waals surface area contributed by atoms with E-state index < -0.39 is 0 Å². The quantitative estimate of drug-likeness (QED) is 0.870. The summed E-state index contributed by atoms with van der Waals surface area (Å²) < 4.78 is 0. The van der Waals surface area contributed by atoms with E-state index in [1.54, 1.807) is 24.3 Å². The van der Waals surface area contributed by atoms with Crippen LogP contribution in [0.1, 0.15) is 54.0 Å². The Morgan fingerprint density at radius 2 is 1.93 bits per heavy atom. The van der Waals surface area contributed by atoms with Gasteiger partial charge >= 0.3 is 0 Å². The number of fused-ring (bicyclic) bond motifs is 1. The van der Waals surface area contributed by atoms with Crippen molar-refractivity contribution in [1.82, 2.24) is 10.3 Å². The molecule has 140 valence electrons. The molecule has 2 aliphatic rings. The molecule has 2 amide bonds. The first-order chi connectivity index (χ1) is 13.0. The summed E-state index contributed by atoms with van der Waals surface area (Å²) in [6.07, 6.45) is 3.79. The van der Waals surface area contributed by atoms with Crippen molar-refractivity contribution in [2.45, 2.75) is 38.6 Å². The smallest absolute Gasteiger partial charge is 0.251 e. The molecule has 1 aromatic carbocycles. The van der Waals surface area contributed by atoms with E-state index in [4.69, 9.17) is 16.6 Å². The van der Waals surface area contributed by atoms with E-state index in [2.05, 4.69) is 5.32 Å². The Bertz CT molecular complexity index is 877. The molecular weight excluding hydrogens is 362 g/mol. The maximum absolute atomic E-state index is 12.5. The van der Waals surface area contributed by atoms with Gasteiger partial charge in [-0.15, -0.1) is 0 Å². The SMILES string of the molecule is CC(NC(=O)c1ccc(Cl)cc1)c1ccc2c(n1)CCCN2C(=O)C1CC1. The number of halogens is 1. The molecule has 5 nitrogen and oxygen atoms in total. The van der Waals surface area contributed by atoms with Gasteiger partial charge in [-0.3, -0.25) is 14.6 Å². The number of rotatable bonds is 4. The molecule has 1 atom stereocenters. The summed E-state index contributed by atoms with van der Waals surface area (Å²) in [6.45, 7) is 2.69. The number of anilines is 1. The van der Waals surface area contributed by atoms with E-state index in [1.165, 1.54) is 0 Å². The Kier molecular flexibility index (Phi) is 4.87. The topological polar surface area (TPSA) is 62.3 Å². The second-order valence-electron chi connectivity index (χ2n) is 7.27. The summed E-state index contributed by atoms with van der Waals surface area (Å²) in [5.74, 6) is 0.270.